The molecule has 1 aliphatic heterocycles. The zero-order chi connectivity index (χ0) is 20.6. The summed E-state index contributed by atoms with van der Waals surface area (Å²) in [5, 5.41) is 19.1. The summed E-state index contributed by atoms with van der Waals surface area (Å²) < 4.78 is 0. The van der Waals surface area contributed by atoms with Gasteiger partial charge >= 0.3 is 11.9 Å². The van der Waals surface area contributed by atoms with Gasteiger partial charge in [-0.05, 0) is 43.4 Å². The normalized spacial score (nSPS) is 14.3. The van der Waals surface area contributed by atoms with Crippen LogP contribution in [0.4, 0.5) is 5.69 Å². The molecule has 1 aliphatic rings. The molecule has 0 unspecified atom stereocenters. The summed E-state index contributed by atoms with van der Waals surface area (Å²) >= 11 is 6.15. The molecule has 1 fully saturated rings. The average molecular weight is 399 g/mol. The van der Waals surface area contributed by atoms with Crippen LogP contribution < -0.4 is 5.32 Å². The number of piperidine rings is 1. The number of carbonyl (C=O) groups excluding carboxylic acids is 1. The number of halogens is 1. The smallest absolute Gasteiger partial charge is 0.414 e. The number of nitrogens with zero attached hydrogens (tertiary/aromatic N) is 1. The van der Waals surface area contributed by atoms with Crippen LogP contribution in [0, 0.1) is 12.8 Å². The van der Waals surface area contributed by atoms with Gasteiger partial charge in [0.2, 0.25) is 5.91 Å². The fourth-order valence-electron chi connectivity index (χ4n) is 2.74. The van der Waals surface area contributed by atoms with Crippen molar-refractivity contribution < 1.29 is 24.6 Å². The molecule has 0 atom stereocenters. The highest BCUT2D eigenvalue weighted by atomic mass is 35.5. The van der Waals surface area contributed by atoms with Crippen molar-refractivity contribution in [1.29, 1.82) is 0 Å². The molecule has 27 heavy (non-hydrogen) atoms. The standard InChI is InChI=1S/C17H25ClN2O.C2H2O4/c1-12(2)11-17(21)20-9-7-14(8-10-20)19-16-6-4-5-15(18)13(16)3;3-1(4)2(5)6/h4-6,12,14,19H,7-11H2,1-3H3;(H,3,4)(H,5,6). The Morgan fingerprint density at radius 3 is 2.22 bits per heavy atom. The van der Waals surface area contributed by atoms with E-state index in [1.165, 1.54) is 0 Å². The zero-order valence-corrected chi connectivity index (χ0v) is 16.6. The van der Waals surface area contributed by atoms with E-state index in [1.807, 2.05) is 24.0 Å². The molecule has 2 rings (SSSR count). The summed E-state index contributed by atoms with van der Waals surface area (Å²) in [6.45, 7) is 7.92. The van der Waals surface area contributed by atoms with E-state index in [9.17, 15) is 4.79 Å². The first-order chi connectivity index (χ1) is 12.6. The van der Waals surface area contributed by atoms with Crippen molar-refractivity contribution in [2.45, 2.75) is 46.1 Å². The van der Waals surface area contributed by atoms with E-state index in [2.05, 4.69) is 25.2 Å². The van der Waals surface area contributed by atoms with E-state index in [0.717, 1.165) is 42.2 Å². The number of hydrogen-bond acceptors (Lipinski definition) is 4. The first-order valence-electron chi connectivity index (χ1n) is 8.87. The number of amides is 1. The minimum Gasteiger partial charge on any atom is -0.473 e. The number of rotatable bonds is 4. The van der Waals surface area contributed by atoms with Crippen LogP contribution in [-0.4, -0.2) is 52.1 Å². The van der Waals surface area contributed by atoms with Crippen LogP contribution in [0.5, 0.6) is 0 Å². The first-order valence-corrected chi connectivity index (χ1v) is 9.25. The van der Waals surface area contributed by atoms with E-state index in [0.29, 0.717) is 24.3 Å². The number of carboxylic acid groups (broad SMARTS) is 2. The predicted molar refractivity (Wildman–Crippen MR) is 104 cm³/mol. The van der Waals surface area contributed by atoms with Crippen molar-refractivity contribution in [3.8, 4) is 0 Å². The maximum atomic E-state index is 12.1. The lowest BCUT2D eigenvalue weighted by Crippen LogP contribution is -2.42. The highest BCUT2D eigenvalue weighted by molar-refractivity contribution is 6.31. The van der Waals surface area contributed by atoms with E-state index >= 15 is 0 Å². The van der Waals surface area contributed by atoms with Gasteiger partial charge in [0.05, 0.1) is 0 Å². The van der Waals surface area contributed by atoms with Crippen molar-refractivity contribution in [2.75, 3.05) is 18.4 Å². The van der Waals surface area contributed by atoms with Gasteiger partial charge in [0.1, 0.15) is 0 Å². The van der Waals surface area contributed by atoms with Crippen LogP contribution in [0.2, 0.25) is 5.02 Å². The van der Waals surface area contributed by atoms with Crippen molar-refractivity contribution in [3.05, 3.63) is 28.8 Å². The Labute approximate surface area is 164 Å². The molecule has 3 N–H and O–H groups in total. The highest BCUT2D eigenvalue weighted by Crippen LogP contribution is 2.25. The second-order valence-electron chi connectivity index (χ2n) is 6.92. The molecule has 8 heteroatoms. The molecule has 1 amide bonds. The molecule has 7 nitrogen and oxygen atoms in total. The van der Waals surface area contributed by atoms with Crippen LogP contribution in [0.25, 0.3) is 0 Å². The number of benzene rings is 1. The lowest BCUT2D eigenvalue weighted by molar-refractivity contribution is -0.159. The lowest BCUT2D eigenvalue weighted by atomic mass is 10.0. The number of aliphatic carboxylic acids is 2. The Morgan fingerprint density at radius 2 is 1.74 bits per heavy atom. The second kappa shape index (κ2) is 10.8. The SMILES string of the molecule is Cc1c(Cl)cccc1NC1CCN(C(=O)CC(C)C)CC1.O=C(O)C(=O)O. The predicted octanol–water partition coefficient (Wildman–Crippen LogP) is 3.25. The van der Waals surface area contributed by atoms with Crippen molar-refractivity contribution in [2.24, 2.45) is 5.92 Å². The third-order valence-corrected chi connectivity index (χ3v) is 4.65. The van der Waals surface area contributed by atoms with E-state index in [4.69, 9.17) is 31.4 Å². The topological polar surface area (TPSA) is 107 Å². The van der Waals surface area contributed by atoms with Gasteiger partial charge in [-0.15, -0.1) is 0 Å². The summed E-state index contributed by atoms with van der Waals surface area (Å²) in [6, 6.07) is 6.37. The molecule has 1 aromatic carbocycles. The average Bonchev–Trinajstić information content (AvgIpc) is 2.59. The molecule has 0 aromatic heterocycles. The number of anilines is 1. The molecule has 0 radical (unpaired) electrons. The summed E-state index contributed by atoms with van der Waals surface area (Å²) in [6.07, 6.45) is 2.65. The van der Waals surface area contributed by atoms with Crippen molar-refractivity contribution in [1.82, 2.24) is 4.90 Å². The quantitative estimate of drug-likeness (QED) is 0.672. The molecule has 150 valence electrons. The zero-order valence-electron chi connectivity index (χ0n) is 15.9. The van der Waals surface area contributed by atoms with E-state index < -0.39 is 11.9 Å². The number of carbonyl (C=O) groups is 3. The first kappa shape index (κ1) is 22.8. The third-order valence-electron chi connectivity index (χ3n) is 4.24. The van der Waals surface area contributed by atoms with Gasteiger partial charge < -0.3 is 20.4 Å². The second-order valence-corrected chi connectivity index (χ2v) is 7.33. The van der Waals surface area contributed by atoms with Gasteiger partial charge in [0.25, 0.3) is 0 Å². The highest BCUT2D eigenvalue weighted by Gasteiger charge is 2.23. The summed E-state index contributed by atoms with van der Waals surface area (Å²) in [5.41, 5.74) is 2.20. The summed E-state index contributed by atoms with van der Waals surface area (Å²) in [7, 11) is 0. The van der Waals surface area contributed by atoms with Gasteiger partial charge in [0.15, 0.2) is 0 Å². The molecule has 1 saturated heterocycles. The Morgan fingerprint density at radius 1 is 1.19 bits per heavy atom. The van der Waals surface area contributed by atoms with Gasteiger partial charge in [-0.25, -0.2) is 9.59 Å². The number of carboxylic acids is 2. The number of hydrogen-bond donors (Lipinski definition) is 3. The van der Waals surface area contributed by atoms with E-state index in [-0.39, 0.29) is 0 Å². The molecule has 0 aliphatic carbocycles. The van der Waals surface area contributed by atoms with Gasteiger partial charge in [-0.3, -0.25) is 4.79 Å². The minimum absolute atomic E-state index is 0.294. The van der Waals surface area contributed by atoms with Crippen molar-refractivity contribution in [3.63, 3.8) is 0 Å². The molecule has 1 heterocycles. The van der Waals surface area contributed by atoms with Crippen LogP contribution in [0.1, 0.15) is 38.7 Å². The van der Waals surface area contributed by atoms with Crippen LogP contribution >= 0.6 is 11.6 Å². The number of nitrogens with one attached hydrogen (secondary N) is 1. The minimum atomic E-state index is -1.82. The number of likely N-dealkylation sites (tertiary alicyclic amines) is 1. The Kier molecular flexibility index (Phi) is 9.08. The van der Waals surface area contributed by atoms with Crippen molar-refractivity contribution >= 4 is 35.1 Å². The van der Waals surface area contributed by atoms with Gasteiger partial charge in [-0.2, -0.15) is 0 Å². The largest absolute Gasteiger partial charge is 0.473 e. The van der Waals surface area contributed by atoms with Crippen LogP contribution in [0.15, 0.2) is 18.2 Å². The fraction of sp³-hybridized carbons (Fsp3) is 0.526. The molecule has 1 aromatic rings. The van der Waals surface area contributed by atoms with Gasteiger partial charge in [0, 0.05) is 36.3 Å². The maximum absolute atomic E-state index is 12.1. The van der Waals surface area contributed by atoms with Gasteiger partial charge in [-0.1, -0.05) is 31.5 Å². The van der Waals surface area contributed by atoms with Crippen LogP contribution in [-0.2, 0) is 14.4 Å². The molecular weight excluding hydrogens is 372 g/mol. The van der Waals surface area contributed by atoms with Crippen LogP contribution in [0.3, 0.4) is 0 Å². The van der Waals surface area contributed by atoms with E-state index in [1.54, 1.807) is 0 Å². The lowest BCUT2D eigenvalue weighted by Gasteiger charge is -2.33. The molecular formula is C19H27ClN2O5. The summed E-state index contributed by atoms with van der Waals surface area (Å²) in [5.74, 6) is -2.92. The summed E-state index contributed by atoms with van der Waals surface area (Å²) in [4.78, 5) is 32.3. The molecule has 0 bridgehead atoms. The Hall–Kier alpha value is -2.28. The Balaban J connectivity index is 0.000000527. The fourth-order valence-corrected chi connectivity index (χ4v) is 2.91. The maximum Gasteiger partial charge on any atom is 0.414 e. The third kappa shape index (κ3) is 7.86. The molecule has 0 saturated carbocycles. The molecule has 0 spiro atoms. The Bertz CT molecular complexity index is 658. The monoisotopic (exact) mass is 398 g/mol.